The fraction of sp³-hybridized carbons (Fsp3) is 0.500. The number of alkyl halides is 1. The number of aromatic nitrogens is 1. The molecule has 0 saturated carbocycles. The summed E-state index contributed by atoms with van der Waals surface area (Å²) in [6.07, 6.45) is 0.0583. The van der Waals surface area contributed by atoms with Gasteiger partial charge in [-0.1, -0.05) is 13.0 Å². The van der Waals surface area contributed by atoms with Crippen LogP contribution < -0.4 is 10.6 Å². The number of carbonyl (C=O) groups excluding carboxylic acids is 1. The lowest BCUT2D eigenvalue weighted by atomic mass is 10.2. The number of hydrogen-bond donors (Lipinski definition) is 2. The predicted octanol–water partition coefficient (Wildman–Crippen LogP) is 2.04. The fourth-order valence-electron chi connectivity index (χ4n) is 1.95. The molecule has 1 aliphatic rings. The van der Waals surface area contributed by atoms with Crippen LogP contribution in [0.2, 0.25) is 0 Å². The topological polar surface area (TPSA) is 54.0 Å². The Balaban J connectivity index is 2.09. The number of halogens is 2. The molecule has 2 atom stereocenters. The van der Waals surface area contributed by atoms with Gasteiger partial charge in [-0.25, -0.2) is 9.37 Å². The van der Waals surface area contributed by atoms with Crippen molar-refractivity contribution >= 4 is 27.7 Å². The molecule has 1 fully saturated rings. The van der Waals surface area contributed by atoms with E-state index in [0.717, 1.165) is 12.0 Å². The Morgan fingerprint density at radius 2 is 2.44 bits per heavy atom. The summed E-state index contributed by atoms with van der Waals surface area (Å²) < 4.78 is 13.7. The monoisotopic (exact) mass is 315 g/mol. The first-order valence-corrected chi connectivity index (χ1v) is 6.73. The maximum atomic E-state index is 13.0. The Morgan fingerprint density at radius 1 is 1.67 bits per heavy atom. The zero-order valence-corrected chi connectivity index (χ0v) is 11.6. The lowest BCUT2D eigenvalue weighted by Gasteiger charge is -2.13. The number of pyridine rings is 1. The van der Waals surface area contributed by atoms with Gasteiger partial charge in [0, 0.05) is 13.0 Å². The third-order valence-corrected chi connectivity index (χ3v) is 3.40. The van der Waals surface area contributed by atoms with Gasteiger partial charge in [-0.3, -0.25) is 4.79 Å². The second-order valence-corrected chi connectivity index (χ2v) is 5.09. The summed E-state index contributed by atoms with van der Waals surface area (Å²) in [5, 5.41) is 5.61. The summed E-state index contributed by atoms with van der Waals surface area (Å²) in [6.45, 7) is 2.23. The van der Waals surface area contributed by atoms with Crippen LogP contribution >= 0.6 is 15.9 Å². The van der Waals surface area contributed by atoms with Crippen LogP contribution in [0.1, 0.15) is 18.9 Å². The molecule has 2 rings (SSSR count). The van der Waals surface area contributed by atoms with Crippen molar-refractivity contribution in [2.75, 3.05) is 11.9 Å². The first-order valence-electron chi connectivity index (χ1n) is 5.94. The molecule has 18 heavy (non-hydrogen) atoms. The zero-order chi connectivity index (χ0) is 13.1. The number of hydrogen-bond acceptors (Lipinski definition) is 3. The molecule has 0 aromatic carbocycles. The summed E-state index contributed by atoms with van der Waals surface area (Å²) >= 11 is 3.27. The summed E-state index contributed by atoms with van der Waals surface area (Å²) in [5.74, 6) is 0.316. The van der Waals surface area contributed by atoms with Gasteiger partial charge >= 0.3 is 0 Å². The van der Waals surface area contributed by atoms with Gasteiger partial charge < -0.3 is 10.6 Å². The highest BCUT2D eigenvalue weighted by Gasteiger charge is 2.29. The first-order chi connectivity index (χ1) is 8.60. The van der Waals surface area contributed by atoms with E-state index in [4.69, 9.17) is 0 Å². The maximum Gasteiger partial charge on any atom is 0.242 e. The van der Waals surface area contributed by atoms with E-state index in [1.54, 1.807) is 0 Å². The molecule has 2 heterocycles. The van der Waals surface area contributed by atoms with Crippen LogP contribution in [0.5, 0.6) is 0 Å². The second-order valence-electron chi connectivity index (χ2n) is 4.28. The number of nitrogens with one attached hydrogen (secondary N) is 2. The Morgan fingerprint density at radius 3 is 3.06 bits per heavy atom. The molecule has 0 radical (unpaired) electrons. The van der Waals surface area contributed by atoms with Gasteiger partial charge in [0.1, 0.15) is 16.6 Å². The number of amides is 1. The number of carbonyl (C=O) groups is 1. The highest BCUT2D eigenvalue weighted by atomic mass is 79.9. The van der Waals surface area contributed by atoms with Crippen LogP contribution in [0.4, 0.5) is 10.2 Å². The van der Waals surface area contributed by atoms with Gasteiger partial charge in [0.2, 0.25) is 5.91 Å². The molecule has 6 heteroatoms. The van der Waals surface area contributed by atoms with E-state index < -0.39 is 12.2 Å². The van der Waals surface area contributed by atoms with Crippen LogP contribution in [-0.4, -0.2) is 29.6 Å². The molecule has 4 nitrogen and oxygen atoms in total. The van der Waals surface area contributed by atoms with Gasteiger partial charge in [0.25, 0.3) is 0 Å². The van der Waals surface area contributed by atoms with Crippen molar-refractivity contribution in [2.45, 2.75) is 32.0 Å². The molecule has 1 aromatic heterocycles. The summed E-state index contributed by atoms with van der Waals surface area (Å²) in [6, 6.07) is 3.28. The minimum atomic E-state index is -0.943. The Hall–Kier alpha value is -1.01. The Labute approximate surface area is 113 Å². The van der Waals surface area contributed by atoms with Gasteiger partial charge in [-0.05, 0) is 34.0 Å². The third kappa shape index (κ3) is 3.05. The van der Waals surface area contributed by atoms with E-state index in [1.165, 1.54) is 0 Å². The van der Waals surface area contributed by atoms with Crippen LogP contribution in [0, 0.1) is 0 Å². The van der Waals surface area contributed by atoms with E-state index in [0.29, 0.717) is 10.4 Å². The minimum Gasteiger partial charge on any atom is -0.309 e. The lowest BCUT2D eigenvalue weighted by molar-refractivity contribution is -0.117. The molecule has 0 spiro atoms. The largest absolute Gasteiger partial charge is 0.309 e. The van der Waals surface area contributed by atoms with E-state index in [2.05, 4.69) is 31.5 Å². The minimum absolute atomic E-state index is 0.224. The maximum absolute atomic E-state index is 13.0. The second kappa shape index (κ2) is 5.75. The summed E-state index contributed by atoms with van der Waals surface area (Å²) in [4.78, 5) is 16.2. The molecule has 1 aromatic rings. The number of aryl methyl sites for hydroxylation is 1. The third-order valence-electron chi connectivity index (χ3n) is 2.96. The van der Waals surface area contributed by atoms with Gasteiger partial charge in [0.05, 0.1) is 6.04 Å². The molecule has 2 unspecified atom stereocenters. The van der Waals surface area contributed by atoms with Crippen molar-refractivity contribution in [3.63, 3.8) is 0 Å². The fourth-order valence-corrected chi connectivity index (χ4v) is 2.26. The van der Waals surface area contributed by atoms with Crippen LogP contribution in [0.15, 0.2) is 16.7 Å². The lowest BCUT2D eigenvalue weighted by Crippen LogP contribution is -2.36. The van der Waals surface area contributed by atoms with Crippen molar-refractivity contribution in [2.24, 2.45) is 0 Å². The van der Waals surface area contributed by atoms with Crippen molar-refractivity contribution in [3.8, 4) is 0 Å². The van der Waals surface area contributed by atoms with Crippen molar-refractivity contribution in [3.05, 3.63) is 22.3 Å². The highest BCUT2D eigenvalue weighted by molar-refractivity contribution is 9.10. The van der Waals surface area contributed by atoms with Crippen molar-refractivity contribution in [1.82, 2.24) is 10.3 Å². The molecule has 98 valence electrons. The van der Waals surface area contributed by atoms with Gasteiger partial charge in [0.15, 0.2) is 0 Å². The molecule has 2 N–H and O–H groups in total. The quantitative estimate of drug-likeness (QED) is 0.839. The van der Waals surface area contributed by atoms with Crippen molar-refractivity contribution in [1.29, 1.82) is 0 Å². The summed E-state index contributed by atoms with van der Waals surface area (Å²) in [5.41, 5.74) is 0.960. The highest BCUT2D eigenvalue weighted by Crippen LogP contribution is 2.19. The van der Waals surface area contributed by atoms with Gasteiger partial charge in [-0.15, -0.1) is 0 Å². The standard InChI is InChI=1S/C12H15BrFN3O/c1-2-7-3-4-10(13)16-11(7)17-12(18)9-5-8(14)6-15-9/h3-4,8-9,15H,2,5-6H2,1H3,(H,16,17,18). The number of anilines is 1. The summed E-state index contributed by atoms with van der Waals surface area (Å²) in [7, 11) is 0. The molecule has 1 saturated heterocycles. The van der Waals surface area contributed by atoms with Gasteiger partial charge in [-0.2, -0.15) is 0 Å². The van der Waals surface area contributed by atoms with Crippen LogP contribution in [-0.2, 0) is 11.2 Å². The molecular formula is C12H15BrFN3O. The first kappa shape index (κ1) is 13.4. The van der Waals surface area contributed by atoms with E-state index in [1.807, 2.05) is 19.1 Å². The average Bonchev–Trinajstić information content (AvgIpc) is 2.76. The Bertz CT molecular complexity index is 455. The molecular weight excluding hydrogens is 301 g/mol. The van der Waals surface area contributed by atoms with Crippen LogP contribution in [0.25, 0.3) is 0 Å². The number of rotatable bonds is 3. The van der Waals surface area contributed by atoms with E-state index >= 15 is 0 Å². The SMILES string of the molecule is CCc1ccc(Br)nc1NC(=O)C1CC(F)CN1. The normalized spacial score (nSPS) is 23.1. The van der Waals surface area contributed by atoms with Crippen molar-refractivity contribution < 1.29 is 9.18 Å². The number of nitrogens with zero attached hydrogens (tertiary/aromatic N) is 1. The average molecular weight is 316 g/mol. The van der Waals surface area contributed by atoms with Crippen LogP contribution in [0.3, 0.4) is 0 Å². The molecule has 0 bridgehead atoms. The molecule has 1 aliphatic heterocycles. The molecule has 1 amide bonds. The zero-order valence-electron chi connectivity index (χ0n) is 10.0. The predicted molar refractivity (Wildman–Crippen MR) is 71.2 cm³/mol. The van der Waals surface area contributed by atoms with E-state index in [9.17, 15) is 9.18 Å². The molecule has 0 aliphatic carbocycles. The smallest absolute Gasteiger partial charge is 0.242 e. The Kier molecular flexibility index (Phi) is 4.29. The van der Waals surface area contributed by atoms with E-state index in [-0.39, 0.29) is 18.9 Å².